The van der Waals surface area contributed by atoms with Crippen molar-refractivity contribution in [3.63, 3.8) is 0 Å². The average Bonchev–Trinajstić information content (AvgIpc) is 3.24. The lowest BCUT2D eigenvalue weighted by atomic mass is 9.98. The van der Waals surface area contributed by atoms with Gasteiger partial charge in [0.05, 0.1) is 0 Å². The molecule has 1 heterocycles. The normalized spacial score (nSPS) is 11.5. The molecule has 0 saturated heterocycles. The Balaban J connectivity index is 0.000000293. The molecule has 0 amide bonds. The topological polar surface area (TPSA) is 54.4 Å². The fraction of sp³-hybridized carbons (Fsp3) is 0.0435. The number of hydrogen-bond donors (Lipinski definition) is 1. The van der Waals surface area contributed by atoms with Crippen LogP contribution in [-0.2, 0) is 10.1 Å². The van der Waals surface area contributed by atoms with Crippen molar-refractivity contribution in [2.24, 2.45) is 0 Å². The van der Waals surface area contributed by atoms with Gasteiger partial charge >= 0.3 is 15.6 Å². The molecule has 0 bridgehead atoms. The van der Waals surface area contributed by atoms with Crippen molar-refractivity contribution in [3.05, 3.63) is 96.4 Å². The lowest BCUT2D eigenvalue weighted by Gasteiger charge is -2.08. The van der Waals surface area contributed by atoms with E-state index in [1.807, 2.05) is 0 Å². The van der Waals surface area contributed by atoms with Crippen LogP contribution in [0.3, 0.4) is 0 Å². The van der Waals surface area contributed by atoms with Crippen LogP contribution in [0, 0.1) is 0 Å². The molecular formula is C23H17F3O3S2. The first-order valence-electron chi connectivity index (χ1n) is 8.99. The van der Waals surface area contributed by atoms with Crippen LogP contribution in [-0.4, -0.2) is 18.5 Å². The predicted octanol–water partition coefficient (Wildman–Crippen LogP) is 7.14. The second kappa shape index (κ2) is 9.47. The van der Waals surface area contributed by atoms with Crippen LogP contribution < -0.4 is 0 Å². The van der Waals surface area contributed by atoms with Crippen LogP contribution in [0.2, 0.25) is 0 Å². The number of rotatable bonds is 3. The Morgan fingerprint density at radius 3 is 1.65 bits per heavy atom. The first kappa shape index (κ1) is 22.7. The van der Waals surface area contributed by atoms with Crippen LogP contribution in [0.5, 0.6) is 0 Å². The van der Waals surface area contributed by atoms with Gasteiger partial charge in [0.25, 0.3) is 0 Å². The van der Waals surface area contributed by atoms with Crippen molar-refractivity contribution < 1.29 is 26.1 Å². The van der Waals surface area contributed by atoms with Gasteiger partial charge in [-0.25, -0.2) is 0 Å². The van der Waals surface area contributed by atoms with Crippen molar-refractivity contribution >= 4 is 21.5 Å². The van der Waals surface area contributed by atoms with Gasteiger partial charge in [-0.2, -0.15) is 21.6 Å². The molecule has 160 valence electrons. The van der Waals surface area contributed by atoms with Crippen LogP contribution in [0.15, 0.2) is 96.4 Å². The Kier molecular flexibility index (Phi) is 6.94. The summed E-state index contributed by atoms with van der Waals surface area (Å²) >= 11 is 1.81. The van der Waals surface area contributed by atoms with Gasteiger partial charge in [-0.05, 0) is 39.3 Å². The van der Waals surface area contributed by atoms with Gasteiger partial charge in [0.15, 0.2) is 0 Å². The number of hydrogen-bond acceptors (Lipinski definition) is 3. The lowest BCUT2D eigenvalue weighted by Crippen LogP contribution is -2.21. The van der Waals surface area contributed by atoms with Gasteiger partial charge in [0.2, 0.25) is 0 Å². The van der Waals surface area contributed by atoms with E-state index in [1.165, 1.54) is 32.7 Å². The summed E-state index contributed by atoms with van der Waals surface area (Å²) in [7, 11) is -5.84. The van der Waals surface area contributed by atoms with Gasteiger partial charge < -0.3 is 0 Å². The molecule has 8 heteroatoms. The molecule has 1 aromatic heterocycles. The minimum atomic E-state index is -5.84. The molecular weight excluding hydrogens is 445 g/mol. The van der Waals surface area contributed by atoms with Crippen molar-refractivity contribution in [1.29, 1.82) is 0 Å². The van der Waals surface area contributed by atoms with Crippen LogP contribution in [0.25, 0.3) is 32.7 Å². The van der Waals surface area contributed by atoms with Gasteiger partial charge in [0, 0.05) is 4.88 Å². The molecule has 0 aliphatic rings. The summed E-state index contributed by atoms with van der Waals surface area (Å²) in [6.07, 6.45) is 0. The highest BCUT2D eigenvalue weighted by atomic mass is 32.2. The molecule has 0 fully saturated rings. The minimum Gasteiger partial charge on any atom is -0.279 e. The Labute approximate surface area is 182 Å². The van der Waals surface area contributed by atoms with E-state index in [2.05, 4.69) is 96.4 Å². The fourth-order valence-corrected chi connectivity index (χ4v) is 3.78. The van der Waals surface area contributed by atoms with Crippen LogP contribution >= 0.6 is 11.3 Å². The first-order chi connectivity index (χ1) is 14.7. The lowest BCUT2D eigenvalue weighted by molar-refractivity contribution is -0.0510. The molecule has 1 N–H and O–H groups in total. The standard InChI is InChI=1S/C22H16S.CHF3O3S/c1-3-9-17(10-4-1)19-15-22(23-16-19)21-14-8-7-13-20(21)18-11-5-2-6-12-18;2-1(3,4)8(5,6)7/h1-16H;(H,5,6,7). The van der Waals surface area contributed by atoms with E-state index in [1.54, 1.807) is 11.3 Å². The van der Waals surface area contributed by atoms with Gasteiger partial charge in [0.1, 0.15) is 0 Å². The van der Waals surface area contributed by atoms with E-state index < -0.39 is 15.6 Å². The summed E-state index contributed by atoms with van der Waals surface area (Å²) in [5.41, 5.74) is 0.867. The van der Waals surface area contributed by atoms with E-state index in [9.17, 15) is 13.2 Å². The Morgan fingerprint density at radius 2 is 1.13 bits per heavy atom. The second-order valence-corrected chi connectivity index (χ2v) is 8.72. The van der Waals surface area contributed by atoms with Crippen LogP contribution in [0.1, 0.15) is 0 Å². The summed E-state index contributed by atoms with van der Waals surface area (Å²) in [4.78, 5) is 1.31. The molecule has 0 atom stereocenters. The molecule has 3 nitrogen and oxygen atoms in total. The largest absolute Gasteiger partial charge is 0.522 e. The molecule has 0 aliphatic heterocycles. The maximum absolute atomic E-state index is 10.7. The third-order valence-electron chi connectivity index (χ3n) is 4.28. The van der Waals surface area contributed by atoms with E-state index in [0.29, 0.717) is 0 Å². The summed E-state index contributed by atoms with van der Waals surface area (Å²) < 4.78 is 57.5. The summed E-state index contributed by atoms with van der Waals surface area (Å²) in [6, 6.07) is 32.1. The third kappa shape index (κ3) is 5.81. The highest BCUT2D eigenvalue weighted by molar-refractivity contribution is 7.86. The molecule has 0 spiro atoms. The zero-order chi connectivity index (χ0) is 22.5. The highest BCUT2D eigenvalue weighted by Crippen LogP contribution is 2.38. The Morgan fingerprint density at radius 1 is 0.677 bits per heavy atom. The molecule has 0 unspecified atom stereocenters. The Bertz CT molecular complexity index is 1230. The predicted molar refractivity (Wildman–Crippen MR) is 118 cm³/mol. The Hall–Kier alpha value is -2.94. The first-order valence-corrected chi connectivity index (χ1v) is 11.3. The summed E-state index contributed by atoms with van der Waals surface area (Å²) in [5, 5.41) is 2.24. The van der Waals surface area contributed by atoms with E-state index >= 15 is 0 Å². The van der Waals surface area contributed by atoms with E-state index in [0.717, 1.165) is 0 Å². The van der Waals surface area contributed by atoms with Gasteiger partial charge in [-0.3, -0.25) is 4.55 Å². The van der Waals surface area contributed by atoms with E-state index in [-0.39, 0.29) is 0 Å². The number of thiophene rings is 1. The molecule has 0 radical (unpaired) electrons. The van der Waals surface area contributed by atoms with Crippen molar-refractivity contribution in [2.45, 2.75) is 5.51 Å². The van der Waals surface area contributed by atoms with Gasteiger partial charge in [-0.1, -0.05) is 84.9 Å². The molecule has 0 aliphatic carbocycles. The monoisotopic (exact) mass is 462 g/mol. The highest BCUT2D eigenvalue weighted by Gasteiger charge is 2.44. The smallest absolute Gasteiger partial charge is 0.279 e. The molecule has 4 rings (SSSR count). The zero-order valence-corrected chi connectivity index (χ0v) is 17.6. The van der Waals surface area contributed by atoms with Crippen LogP contribution in [0.4, 0.5) is 13.2 Å². The molecule has 31 heavy (non-hydrogen) atoms. The van der Waals surface area contributed by atoms with Gasteiger partial charge in [-0.15, -0.1) is 11.3 Å². The number of benzene rings is 3. The quantitative estimate of drug-likeness (QED) is 0.260. The van der Waals surface area contributed by atoms with E-state index in [4.69, 9.17) is 13.0 Å². The van der Waals surface area contributed by atoms with Crippen molar-refractivity contribution in [1.82, 2.24) is 0 Å². The third-order valence-corrected chi connectivity index (χ3v) is 5.82. The fourth-order valence-electron chi connectivity index (χ4n) is 2.83. The van der Waals surface area contributed by atoms with Crippen molar-refractivity contribution in [2.75, 3.05) is 0 Å². The summed E-state index contributed by atoms with van der Waals surface area (Å²) in [5.74, 6) is 0. The minimum absolute atomic E-state index is 1.26. The molecule has 4 aromatic rings. The SMILES string of the molecule is O=S(=O)(O)C(F)(F)F.c1ccc(-c2csc(-c3ccccc3-c3ccccc3)c2)cc1. The zero-order valence-electron chi connectivity index (χ0n) is 16.0. The molecule has 3 aromatic carbocycles. The summed E-state index contributed by atoms with van der Waals surface area (Å²) in [6.45, 7) is 0. The average molecular weight is 463 g/mol. The maximum atomic E-state index is 10.7. The second-order valence-electron chi connectivity index (χ2n) is 6.40. The molecule has 0 saturated carbocycles. The van der Waals surface area contributed by atoms with Crippen molar-refractivity contribution in [3.8, 4) is 32.7 Å². The maximum Gasteiger partial charge on any atom is 0.522 e. The number of halogens is 3. The number of alkyl halides is 3.